The second-order valence-electron chi connectivity index (χ2n) is 4.79. The van der Waals surface area contributed by atoms with E-state index in [1.165, 1.54) is 6.42 Å². The van der Waals surface area contributed by atoms with Crippen molar-refractivity contribution in [3.8, 4) is 0 Å². The van der Waals surface area contributed by atoms with E-state index in [-0.39, 0.29) is 6.61 Å². The Bertz CT molecular complexity index is 398. The highest BCUT2D eigenvalue weighted by atomic mass is 35.5. The van der Waals surface area contributed by atoms with E-state index in [0.29, 0.717) is 11.1 Å². The molecule has 0 spiro atoms. The topological polar surface area (TPSA) is 49.2 Å². The molecule has 1 aliphatic heterocycles. The van der Waals surface area contributed by atoms with Crippen LogP contribution in [0, 0.1) is 5.92 Å². The van der Waals surface area contributed by atoms with Crippen LogP contribution in [0.15, 0.2) is 6.07 Å². The summed E-state index contributed by atoms with van der Waals surface area (Å²) in [5.41, 5.74) is 0. The van der Waals surface area contributed by atoms with Crippen LogP contribution in [0.4, 0.5) is 5.82 Å². The second-order valence-corrected chi connectivity index (χ2v) is 5.17. The fourth-order valence-electron chi connectivity index (χ4n) is 2.46. The standard InChI is InChI=1S/C13H20ClN3O/c1-2-12-15-11(14)8-13(16-12)17-6-3-4-10(9-17)5-7-18/h8,10,18H,2-7,9H2,1H3. The van der Waals surface area contributed by atoms with Crippen LogP contribution in [0.5, 0.6) is 0 Å². The van der Waals surface area contributed by atoms with Crippen LogP contribution in [0.25, 0.3) is 0 Å². The molecule has 0 aliphatic carbocycles. The van der Waals surface area contributed by atoms with E-state index in [1.54, 1.807) is 0 Å². The molecule has 1 aromatic heterocycles. The first-order chi connectivity index (χ1) is 8.72. The predicted molar refractivity (Wildman–Crippen MR) is 73.1 cm³/mol. The second kappa shape index (κ2) is 6.34. The van der Waals surface area contributed by atoms with Gasteiger partial charge in [-0.1, -0.05) is 18.5 Å². The summed E-state index contributed by atoms with van der Waals surface area (Å²) < 4.78 is 0. The Balaban J connectivity index is 2.12. The molecule has 5 heteroatoms. The van der Waals surface area contributed by atoms with E-state index in [2.05, 4.69) is 14.9 Å². The summed E-state index contributed by atoms with van der Waals surface area (Å²) in [4.78, 5) is 11.0. The lowest BCUT2D eigenvalue weighted by atomic mass is 9.95. The fraction of sp³-hybridized carbons (Fsp3) is 0.692. The first-order valence-corrected chi connectivity index (χ1v) is 7.00. The summed E-state index contributed by atoms with van der Waals surface area (Å²) in [7, 11) is 0. The molecule has 100 valence electrons. The van der Waals surface area contributed by atoms with Crippen molar-refractivity contribution in [2.75, 3.05) is 24.6 Å². The van der Waals surface area contributed by atoms with E-state index in [4.69, 9.17) is 16.7 Å². The Morgan fingerprint density at radius 3 is 3.06 bits per heavy atom. The van der Waals surface area contributed by atoms with Crippen LogP contribution in [0.1, 0.15) is 32.0 Å². The van der Waals surface area contributed by atoms with Crippen LogP contribution in [-0.4, -0.2) is 34.8 Å². The molecule has 4 nitrogen and oxygen atoms in total. The molecule has 0 aromatic carbocycles. The van der Waals surface area contributed by atoms with Crippen LogP contribution >= 0.6 is 11.6 Å². The van der Waals surface area contributed by atoms with E-state index in [1.807, 2.05) is 13.0 Å². The van der Waals surface area contributed by atoms with Crippen molar-refractivity contribution in [2.45, 2.75) is 32.6 Å². The fourth-order valence-corrected chi connectivity index (χ4v) is 2.66. The van der Waals surface area contributed by atoms with Crippen LogP contribution in [0.3, 0.4) is 0 Å². The van der Waals surface area contributed by atoms with Crippen molar-refractivity contribution in [3.05, 3.63) is 17.0 Å². The smallest absolute Gasteiger partial charge is 0.134 e. The molecule has 0 saturated carbocycles. The number of halogens is 1. The highest BCUT2D eigenvalue weighted by Crippen LogP contribution is 2.25. The lowest BCUT2D eigenvalue weighted by Crippen LogP contribution is -2.36. The first kappa shape index (κ1) is 13.6. The third kappa shape index (κ3) is 3.33. The van der Waals surface area contributed by atoms with Gasteiger partial charge < -0.3 is 10.0 Å². The van der Waals surface area contributed by atoms with Crippen molar-refractivity contribution < 1.29 is 5.11 Å². The lowest BCUT2D eigenvalue weighted by Gasteiger charge is -2.33. The molecule has 18 heavy (non-hydrogen) atoms. The summed E-state index contributed by atoms with van der Waals surface area (Å²) in [5.74, 6) is 2.28. The van der Waals surface area contributed by atoms with E-state index in [0.717, 1.165) is 44.0 Å². The van der Waals surface area contributed by atoms with Gasteiger partial charge in [-0.15, -0.1) is 0 Å². The highest BCUT2D eigenvalue weighted by molar-refractivity contribution is 6.29. The third-order valence-corrected chi connectivity index (χ3v) is 3.62. The van der Waals surface area contributed by atoms with Crippen molar-refractivity contribution in [3.63, 3.8) is 0 Å². The summed E-state index contributed by atoms with van der Waals surface area (Å²) in [6, 6.07) is 1.84. The number of hydrogen-bond acceptors (Lipinski definition) is 4. The zero-order chi connectivity index (χ0) is 13.0. The lowest BCUT2D eigenvalue weighted by molar-refractivity contribution is 0.244. The maximum Gasteiger partial charge on any atom is 0.134 e. The number of hydrogen-bond donors (Lipinski definition) is 1. The maximum absolute atomic E-state index is 9.04. The van der Waals surface area contributed by atoms with Gasteiger partial charge in [0.05, 0.1) is 0 Å². The van der Waals surface area contributed by atoms with Gasteiger partial charge in [-0.25, -0.2) is 9.97 Å². The van der Waals surface area contributed by atoms with Gasteiger partial charge in [0.15, 0.2) is 0 Å². The van der Waals surface area contributed by atoms with Crippen molar-refractivity contribution in [1.82, 2.24) is 9.97 Å². The molecule has 2 rings (SSSR count). The number of aliphatic hydroxyl groups excluding tert-OH is 1. The summed E-state index contributed by atoms with van der Waals surface area (Å²) in [5, 5.41) is 9.55. The highest BCUT2D eigenvalue weighted by Gasteiger charge is 2.21. The molecule has 1 fully saturated rings. The summed E-state index contributed by atoms with van der Waals surface area (Å²) in [6.45, 7) is 4.26. The van der Waals surface area contributed by atoms with Gasteiger partial charge in [-0.05, 0) is 25.2 Å². The van der Waals surface area contributed by atoms with Gasteiger partial charge in [-0.3, -0.25) is 0 Å². The van der Waals surface area contributed by atoms with Crippen LogP contribution < -0.4 is 4.90 Å². The number of aromatic nitrogens is 2. The quantitative estimate of drug-likeness (QED) is 0.852. The monoisotopic (exact) mass is 269 g/mol. The molecule has 1 unspecified atom stereocenters. The Morgan fingerprint density at radius 1 is 1.50 bits per heavy atom. The minimum atomic E-state index is 0.267. The largest absolute Gasteiger partial charge is 0.396 e. The molecular formula is C13H20ClN3O. The van der Waals surface area contributed by atoms with Gasteiger partial charge in [-0.2, -0.15) is 0 Å². The third-order valence-electron chi connectivity index (χ3n) is 3.42. The summed E-state index contributed by atoms with van der Waals surface area (Å²) >= 11 is 6.03. The van der Waals surface area contributed by atoms with E-state index < -0.39 is 0 Å². The van der Waals surface area contributed by atoms with Gasteiger partial charge in [0, 0.05) is 32.2 Å². The number of aryl methyl sites for hydroxylation is 1. The molecule has 0 bridgehead atoms. The molecule has 2 heterocycles. The number of rotatable bonds is 4. The molecule has 0 amide bonds. The number of piperidine rings is 1. The number of nitrogens with zero attached hydrogens (tertiary/aromatic N) is 3. The zero-order valence-electron chi connectivity index (χ0n) is 10.8. The van der Waals surface area contributed by atoms with Crippen LogP contribution in [-0.2, 0) is 6.42 Å². The van der Waals surface area contributed by atoms with E-state index in [9.17, 15) is 0 Å². The van der Waals surface area contributed by atoms with Gasteiger partial charge in [0.2, 0.25) is 0 Å². The average molecular weight is 270 g/mol. The van der Waals surface area contributed by atoms with Gasteiger partial charge in [0.1, 0.15) is 16.8 Å². The maximum atomic E-state index is 9.04. The molecule has 1 aromatic rings. The minimum Gasteiger partial charge on any atom is -0.396 e. The van der Waals surface area contributed by atoms with Crippen molar-refractivity contribution in [1.29, 1.82) is 0 Å². The van der Waals surface area contributed by atoms with Crippen molar-refractivity contribution in [2.24, 2.45) is 5.92 Å². The Morgan fingerprint density at radius 2 is 2.33 bits per heavy atom. The molecule has 0 radical (unpaired) electrons. The minimum absolute atomic E-state index is 0.267. The van der Waals surface area contributed by atoms with Gasteiger partial charge >= 0.3 is 0 Å². The molecular weight excluding hydrogens is 250 g/mol. The molecule has 1 saturated heterocycles. The first-order valence-electron chi connectivity index (χ1n) is 6.62. The molecule has 1 atom stereocenters. The molecule has 1 aliphatic rings. The van der Waals surface area contributed by atoms with Gasteiger partial charge in [0.25, 0.3) is 0 Å². The Kier molecular flexibility index (Phi) is 4.78. The SMILES string of the molecule is CCc1nc(Cl)cc(N2CCCC(CCO)C2)n1. The number of aliphatic hydroxyl groups is 1. The van der Waals surface area contributed by atoms with E-state index >= 15 is 0 Å². The normalized spacial score (nSPS) is 20.2. The Labute approximate surface area is 113 Å². The average Bonchev–Trinajstić information content (AvgIpc) is 2.39. The Hall–Kier alpha value is -0.870. The number of anilines is 1. The predicted octanol–water partition coefficient (Wildman–Crippen LogP) is 2.29. The zero-order valence-corrected chi connectivity index (χ0v) is 11.5. The summed E-state index contributed by atoms with van der Waals surface area (Å²) in [6.07, 6.45) is 4.00. The molecule has 1 N–H and O–H groups in total. The van der Waals surface area contributed by atoms with Crippen molar-refractivity contribution >= 4 is 17.4 Å². The van der Waals surface area contributed by atoms with Crippen LogP contribution in [0.2, 0.25) is 5.15 Å².